The number of hydrogen-bond acceptors (Lipinski definition) is 4. The number of carbonyl (C=O) groups is 2. The third-order valence-electron chi connectivity index (χ3n) is 3.37. The fraction of sp³-hybridized carbons (Fsp3) is 0.500. The van der Waals surface area contributed by atoms with Gasteiger partial charge in [-0.25, -0.2) is 9.90 Å². The smallest absolute Gasteiger partial charge is 0.277 e. The van der Waals surface area contributed by atoms with Gasteiger partial charge in [-0.1, -0.05) is 32.2 Å². The van der Waals surface area contributed by atoms with Crippen LogP contribution in [0.1, 0.15) is 26.7 Å². The van der Waals surface area contributed by atoms with Crippen molar-refractivity contribution >= 4 is 12.2 Å². The lowest BCUT2D eigenvalue weighted by molar-refractivity contribution is -0.288. The molecule has 5 nitrogen and oxygen atoms in total. The van der Waals surface area contributed by atoms with Crippen LogP contribution in [0.15, 0.2) is 36.5 Å². The Morgan fingerprint density at radius 3 is 2.43 bits per heavy atom. The van der Waals surface area contributed by atoms with Crippen LogP contribution in [0.5, 0.6) is 0 Å². The molecule has 1 rings (SSSR count). The summed E-state index contributed by atoms with van der Waals surface area (Å²) in [4.78, 5) is 28.8. The second-order valence-corrected chi connectivity index (χ2v) is 5.26. The molecule has 21 heavy (non-hydrogen) atoms. The van der Waals surface area contributed by atoms with Crippen LogP contribution in [0.25, 0.3) is 0 Å². The van der Waals surface area contributed by atoms with Gasteiger partial charge in [-0.05, 0) is 19.3 Å². The summed E-state index contributed by atoms with van der Waals surface area (Å²) in [5.41, 5.74) is 0.330. The van der Waals surface area contributed by atoms with Gasteiger partial charge in [0.25, 0.3) is 5.91 Å². The lowest BCUT2D eigenvalue weighted by atomic mass is 9.98. The Labute approximate surface area is 125 Å². The maximum atomic E-state index is 12.3. The van der Waals surface area contributed by atoms with Crippen molar-refractivity contribution in [3.63, 3.8) is 0 Å². The van der Waals surface area contributed by atoms with Gasteiger partial charge in [0.2, 0.25) is 0 Å². The summed E-state index contributed by atoms with van der Waals surface area (Å²) in [7, 11) is 1.49. The van der Waals surface area contributed by atoms with E-state index in [1.165, 1.54) is 19.2 Å². The van der Waals surface area contributed by atoms with Crippen LogP contribution >= 0.6 is 0 Å². The molecule has 1 aliphatic heterocycles. The third kappa shape index (κ3) is 4.65. The Kier molecular flexibility index (Phi) is 6.52. The van der Waals surface area contributed by atoms with Gasteiger partial charge in [0.15, 0.2) is 12.6 Å². The Balaban J connectivity index is 2.78. The highest BCUT2D eigenvalue weighted by molar-refractivity contribution is 6.01. The van der Waals surface area contributed by atoms with Crippen molar-refractivity contribution in [3.8, 4) is 0 Å². The number of ether oxygens (including phenoxy) is 1. The van der Waals surface area contributed by atoms with Gasteiger partial charge in [0.05, 0.1) is 11.7 Å². The summed E-state index contributed by atoms with van der Waals surface area (Å²) in [6, 6.07) is 0. The minimum atomic E-state index is -0.466. The molecule has 0 saturated carbocycles. The first-order chi connectivity index (χ1) is 9.92. The number of rotatable bonds is 6. The molecule has 1 amide bonds. The second-order valence-electron chi connectivity index (χ2n) is 5.26. The van der Waals surface area contributed by atoms with Crippen LogP contribution in [0, 0.1) is 5.92 Å². The van der Waals surface area contributed by atoms with E-state index in [0.29, 0.717) is 12.2 Å². The fourth-order valence-electron chi connectivity index (χ4n) is 2.37. The first kappa shape index (κ1) is 17.3. The number of allylic oxidation sites excluding steroid dienone is 2. The van der Waals surface area contributed by atoms with Crippen molar-refractivity contribution in [1.82, 2.24) is 5.06 Å². The molecule has 0 aromatic rings. The summed E-state index contributed by atoms with van der Waals surface area (Å²) in [5.74, 6) is 0.0110. The zero-order valence-electron chi connectivity index (χ0n) is 12.9. The van der Waals surface area contributed by atoms with E-state index in [-0.39, 0.29) is 17.3 Å². The zero-order valence-corrected chi connectivity index (χ0v) is 12.9. The van der Waals surface area contributed by atoms with E-state index in [9.17, 15) is 9.59 Å². The monoisotopic (exact) mass is 293 g/mol. The fourth-order valence-corrected chi connectivity index (χ4v) is 2.37. The standard InChI is InChI=1S/C16H23NO4/c1-6-13(10-18)14(7-2)16(19)17(5)21-15-9-11(3)8-12(4)20-15/h6-7,10-12,15H,1-2,8-9H2,3-5H3/b14-13-. The van der Waals surface area contributed by atoms with Crippen LogP contribution in [-0.4, -0.2) is 36.7 Å². The van der Waals surface area contributed by atoms with Crippen LogP contribution in [-0.2, 0) is 19.2 Å². The average Bonchev–Trinajstić information content (AvgIpc) is 2.42. The Morgan fingerprint density at radius 2 is 1.95 bits per heavy atom. The van der Waals surface area contributed by atoms with Crippen LogP contribution in [0.4, 0.5) is 0 Å². The molecule has 3 unspecified atom stereocenters. The molecule has 1 heterocycles. The molecule has 0 bridgehead atoms. The van der Waals surface area contributed by atoms with Crippen molar-refractivity contribution in [2.24, 2.45) is 5.92 Å². The molecule has 0 aromatic heterocycles. The number of carbonyl (C=O) groups excluding carboxylic acids is 2. The number of aldehydes is 1. The molecule has 5 heteroatoms. The predicted molar refractivity (Wildman–Crippen MR) is 80.1 cm³/mol. The molecule has 0 spiro atoms. The maximum absolute atomic E-state index is 12.3. The van der Waals surface area contributed by atoms with Crippen molar-refractivity contribution in [3.05, 3.63) is 36.5 Å². The summed E-state index contributed by atoms with van der Waals surface area (Å²) in [6.45, 7) is 11.2. The van der Waals surface area contributed by atoms with E-state index in [1.54, 1.807) is 0 Å². The van der Waals surface area contributed by atoms with E-state index < -0.39 is 12.2 Å². The molecule has 0 aromatic carbocycles. The average molecular weight is 293 g/mol. The van der Waals surface area contributed by atoms with Gasteiger partial charge in [-0.2, -0.15) is 0 Å². The van der Waals surface area contributed by atoms with Crippen molar-refractivity contribution in [1.29, 1.82) is 0 Å². The molecule has 0 aliphatic carbocycles. The van der Waals surface area contributed by atoms with E-state index in [2.05, 4.69) is 20.1 Å². The van der Waals surface area contributed by atoms with Crippen molar-refractivity contribution in [2.75, 3.05) is 7.05 Å². The van der Waals surface area contributed by atoms with Crippen LogP contribution in [0.2, 0.25) is 0 Å². The zero-order chi connectivity index (χ0) is 16.0. The molecular formula is C16H23NO4. The van der Waals surface area contributed by atoms with Gasteiger partial charge in [-0.15, -0.1) is 0 Å². The number of nitrogens with zero attached hydrogens (tertiary/aromatic N) is 1. The van der Waals surface area contributed by atoms with Crippen LogP contribution < -0.4 is 0 Å². The summed E-state index contributed by atoms with van der Waals surface area (Å²) >= 11 is 0. The summed E-state index contributed by atoms with van der Waals surface area (Å²) in [6.07, 6.45) is 4.52. The normalized spacial score (nSPS) is 26.5. The van der Waals surface area contributed by atoms with E-state index >= 15 is 0 Å². The Hall–Kier alpha value is -1.72. The van der Waals surface area contributed by atoms with E-state index in [1.807, 2.05) is 6.92 Å². The summed E-state index contributed by atoms with van der Waals surface area (Å²) in [5, 5.41) is 1.08. The number of amides is 1. The lowest BCUT2D eigenvalue weighted by Crippen LogP contribution is -2.39. The lowest BCUT2D eigenvalue weighted by Gasteiger charge is -2.33. The van der Waals surface area contributed by atoms with Gasteiger partial charge >= 0.3 is 0 Å². The molecule has 1 saturated heterocycles. The highest BCUT2D eigenvalue weighted by atomic mass is 16.8. The SMILES string of the molecule is C=C/C(C=O)=C(\C=C)C(=O)N(C)OC1CC(C)CC(C)O1. The van der Waals surface area contributed by atoms with E-state index in [4.69, 9.17) is 9.57 Å². The van der Waals surface area contributed by atoms with Crippen LogP contribution in [0.3, 0.4) is 0 Å². The molecule has 1 aliphatic rings. The highest BCUT2D eigenvalue weighted by Crippen LogP contribution is 2.25. The quantitative estimate of drug-likeness (QED) is 0.326. The Bertz CT molecular complexity index is 435. The van der Waals surface area contributed by atoms with Gasteiger partial charge < -0.3 is 4.74 Å². The first-order valence-electron chi connectivity index (χ1n) is 6.97. The van der Waals surface area contributed by atoms with Gasteiger partial charge in [-0.3, -0.25) is 9.59 Å². The molecule has 1 fully saturated rings. The summed E-state index contributed by atoms with van der Waals surface area (Å²) < 4.78 is 5.66. The first-order valence-corrected chi connectivity index (χ1v) is 6.97. The Morgan fingerprint density at radius 1 is 1.29 bits per heavy atom. The molecule has 116 valence electrons. The molecular weight excluding hydrogens is 270 g/mol. The largest absolute Gasteiger partial charge is 0.347 e. The highest BCUT2D eigenvalue weighted by Gasteiger charge is 2.28. The van der Waals surface area contributed by atoms with Gasteiger partial charge in [0.1, 0.15) is 0 Å². The van der Waals surface area contributed by atoms with Crippen molar-refractivity contribution in [2.45, 2.75) is 39.1 Å². The molecule has 3 atom stereocenters. The number of hydrogen-bond donors (Lipinski definition) is 0. The maximum Gasteiger partial charge on any atom is 0.277 e. The van der Waals surface area contributed by atoms with Gasteiger partial charge in [0, 0.05) is 19.0 Å². The minimum Gasteiger partial charge on any atom is -0.347 e. The predicted octanol–water partition coefficient (Wildman–Crippen LogP) is 2.41. The molecule has 0 N–H and O–H groups in total. The number of likely N-dealkylation sites (N-methyl/N-ethyl adjacent to an activating group) is 1. The van der Waals surface area contributed by atoms with Crippen molar-refractivity contribution < 1.29 is 19.2 Å². The third-order valence-corrected chi connectivity index (χ3v) is 3.37. The minimum absolute atomic E-state index is 0.0929. The number of hydroxylamine groups is 2. The second kappa shape index (κ2) is 7.90. The van der Waals surface area contributed by atoms with E-state index in [0.717, 1.165) is 17.9 Å². The topological polar surface area (TPSA) is 55.8 Å². The molecule has 0 radical (unpaired) electrons.